The van der Waals surface area contributed by atoms with E-state index in [-0.39, 0.29) is 5.69 Å². The second-order valence-corrected chi connectivity index (χ2v) is 5.54. The lowest BCUT2D eigenvalue weighted by Gasteiger charge is -1.91. The number of nitriles is 1. The SMILES string of the molecule is CS(=O)c1sc(-c2cccnc2)nc1C#N. The molecule has 0 spiro atoms. The molecule has 0 bridgehead atoms. The topological polar surface area (TPSA) is 66.6 Å². The molecular weight excluding hydrogens is 242 g/mol. The van der Waals surface area contributed by atoms with Crippen molar-refractivity contribution in [2.24, 2.45) is 0 Å². The molecule has 1 atom stereocenters. The van der Waals surface area contributed by atoms with E-state index in [9.17, 15) is 4.21 Å². The van der Waals surface area contributed by atoms with E-state index >= 15 is 0 Å². The minimum absolute atomic E-state index is 0.240. The fraction of sp³-hybridized carbons (Fsp3) is 0.100. The molecule has 0 radical (unpaired) electrons. The van der Waals surface area contributed by atoms with E-state index in [2.05, 4.69) is 9.97 Å². The Hall–Kier alpha value is -1.58. The smallest absolute Gasteiger partial charge is 0.168 e. The maximum absolute atomic E-state index is 11.4. The Morgan fingerprint density at radius 2 is 2.38 bits per heavy atom. The van der Waals surface area contributed by atoms with E-state index in [1.807, 2.05) is 12.1 Å². The highest BCUT2D eigenvalue weighted by molar-refractivity contribution is 7.86. The second-order valence-electron chi connectivity index (χ2n) is 2.96. The van der Waals surface area contributed by atoms with Gasteiger partial charge in [-0.25, -0.2) is 4.98 Å². The Bertz CT molecular complexity index is 571. The largest absolute Gasteiger partial charge is 0.264 e. The predicted octanol–water partition coefficient (Wildman–Crippen LogP) is 1.81. The van der Waals surface area contributed by atoms with Gasteiger partial charge >= 0.3 is 0 Å². The van der Waals surface area contributed by atoms with Gasteiger partial charge in [-0.2, -0.15) is 5.26 Å². The first-order valence-corrected chi connectivity index (χ1v) is 6.74. The molecule has 2 rings (SSSR count). The molecule has 16 heavy (non-hydrogen) atoms. The fourth-order valence-electron chi connectivity index (χ4n) is 1.18. The number of hydrogen-bond donors (Lipinski definition) is 0. The van der Waals surface area contributed by atoms with Gasteiger partial charge in [-0.05, 0) is 12.1 Å². The minimum Gasteiger partial charge on any atom is -0.264 e. The molecule has 0 fully saturated rings. The van der Waals surface area contributed by atoms with Crippen molar-refractivity contribution in [3.8, 4) is 16.6 Å². The molecule has 0 amide bonds. The Morgan fingerprint density at radius 3 is 2.88 bits per heavy atom. The standard InChI is InChI=1S/C10H7N3OS2/c1-16(14)10-8(5-11)13-9(15-10)7-3-2-4-12-6-7/h2-4,6H,1H3. The summed E-state index contributed by atoms with van der Waals surface area (Å²) in [7, 11) is -1.18. The van der Waals surface area contributed by atoms with Crippen molar-refractivity contribution in [3.05, 3.63) is 30.2 Å². The molecule has 0 saturated carbocycles. The van der Waals surface area contributed by atoms with Gasteiger partial charge in [0, 0.05) is 24.2 Å². The highest BCUT2D eigenvalue weighted by Crippen LogP contribution is 2.29. The summed E-state index contributed by atoms with van der Waals surface area (Å²) in [5, 5.41) is 9.55. The molecule has 6 heteroatoms. The fourth-order valence-corrected chi connectivity index (χ4v) is 2.99. The number of aromatic nitrogens is 2. The molecule has 2 heterocycles. The number of nitrogens with zero attached hydrogens (tertiary/aromatic N) is 3. The van der Waals surface area contributed by atoms with Crippen LogP contribution in [0.2, 0.25) is 0 Å². The lowest BCUT2D eigenvalue weighted by Crippen LogP contribution is -1.86. The van der Waals surface area contributed by atoms with Crippen LogP contribution < -0.4 is 0 Å². The van der Waals surface area contributed by atoms with Crippen molar-refractivity contribution in [3.63, 3.8) is 0 Å². The Morgan fingerprint density at radius 1 is 1.56 bits per heavy atom. The predicted molar refractivity (Wildman–Crippen MR) is 62.4 cm³/mol. The van der Waals surface area contributed by atoms with Crippen molar-refractivity contribution in [1.82, 2.24) is 9.97 Å². The summed E-state index contributed by atoms with van der Waals surface area (Å²) < 4.78 is 11.9. The zero-order chi connectivity index (χ0) is 11.5. The molecular formula is C10H7N3OS2. The average molecular weight is 249 g/mol. The number of pyridine rings is 1. The van der Waals surface area contributed by atoms with Crippen LogP contribution in [-0.2, 0) is 10.8 Å². The van der Waals surface area contributed by atoms with Gasteiger partial charge in [0.1, 0.15) is 15.3 Å². The Kier molecular flexibility index (Phi) is 3.08. The van der Waals surface area contributed by atoms with Gasteiger partial charge in [-0.15, -0.1) is 11.3 Å². The summed E-state index contributed by atoms with van der Waals surface area (Å²) in [6.45, 7) is 0. The minimum atomic E-state index is -1.18. The zero-order valence-electron chi connectivity index (χ0n) is 8.38. The summed E-state index contributed by atoms with van der Waals surface area (Å²) in [6.07, 6.45) is 4.88. The van der Waals surface area contributed by atoms with Crippen LogP contribution in [0.15, 0.2) is 28.7 Å². The number of rotatable bonds is 2. The molecule has 80 valence electrons. The lowest BCUT2D eigenvalue weighted by molar-refractivity contribution is 0.688. The molecule has 0 saturated heterocycles. The van der Waals surface area contributed by atoms with E-state index in [1.54, 1.807) is 24.7 Å². The first kappa shape index (κ1) is 10.9. The van der Waals surface area contributed by atoms with Crippen LogP contribution >= 0.6 is 11.3 Å². The van der Waals surface area contributed by atoms with Crippen LogP contribution in [0.3, 0.4) is 0 Å². The van der Waals surface area contributed by atoms with Crippen LogP contribution in [0.4, 0.5) is 0 Å². The van der Waals surface area contributed by atoms with Gasteiger partial charge in [0.2, 0.25) is 0 Å². The van der Waals surface area contributed by atoms with Crippen LogP contribution in [-0.4, -0.2) is 20.4 Å². The van der Waals surface area contributed by atoms with Crippen LogP contribution in [0, 0.1) is 11.3 Å². The van der Waals surface area contributed by atoms with E-state index < -0.39 is 10.8 Å². The number of hydrogen-bond acceptors (Lipinski definition) is 5. The van der Waals surface area contributed by atoms with E-state index in [1.165, 1.54) is 11.3 Å². The van der Waals surface area contributed by atoms with E-state index in [0.717, 1.165) is 5.56 Å². The van der Waals surface area contributed by atoms with Crippen molar-refractivity contribution in [2.75, 3.05) is 6.26 Å². The Labute approximate surface area is 99.1 Å². The first-order chi connectivity index (χ1) is 7.72. The van der Waals surface area contributed by atoms with Crippen LogP contribution in [0.1, 0.15) is 5.69 Å². The maximum Gasteiger partial charge on any atom is 0.168 e. The van der Waals surface area contributed by atoms with Gasteiger partial charge < -0.3 is 0 Å². The molecule has 0 aliphatic rings. The molecule has 2 aromatic heterocycles. The summed E-state index contributed by atoms with van der Waals surface area (Å²) in [6, 6.07) is 5.61. The van der Waals surface area contributed by atoms with Gasteiger partial charge in [-0.3, -0.25) is 9.19 Å². The zero-order valence-corrected chi connectivity index (χ0v) is 10.0. The van der Waals surface area contributed by atoms with E-state index in [0.29, 0.717) is 9.22 Å². The maximum atomic E-state index is 11.4. The molecule has 0 N–H and O–H groups in total. The lowest BCUT2D eigenvalue weighted by atomic mass is 10.3. The summed E-state index contributed by atoms with van der Waals surface area (Å²) in [4.78, 5) is 8.12. The van der Waals surface area contributed by atoms with Gasteiger partial charge in [0.05, 0.1) is 10.8 Å². The van der Waals surface area contributed by atoms with Gasteiger partial charge in [0.25, 0.3) is 0 Å². The normalized spacial score (nSPS) is 12.0. The summed E-state index contributed by atoms with van der Waals surface area (Å²) in [5.41, 5.74) is 1.07. The monoisotopic (exact) mass is 249 g/mol. The molecule has 4 nitrogen and oxygen atoms in total. The molecule has 0 aromatic carbocycles. The van der Waals surface area contributed by atoms with Crippen LogP contribution in [0.5, 0.6) is 0 Å². The third-order valence-corrected chi connectivity index (χ3v) is 4.44. The first-order valence-electron chi connectivity index (χ1n) is 4.37. The van der Waals surface area contributed by atoms with Crippen molar-refractivity contribution in [1.29, 1.82) is 5.26 Å². The van der Waals surface area contributed by atoms with Crippen molar-refractivity contribution in [2.45, 2.75) is 4.21 Å². The van der Waals surface area contributed by atoms with Crippen molar-refractivity contribution >= 4 is 22.1 Å². The van der Waals surface area contributed by atoms with Crippen molar-refractivity contribution < 1.29 is 4.21 Å². The third-order valence-electron chi connectivity index (χ3n) is 1.87. The average Bonchev–Trinajstić information content (AvgIpc) is 2.74. The quantitative estimate of drug-likeness (QED) is 0.814. The number of thiazole rings is 1. The van der Waals surface area contributed by atoms with Crippen LogP contribution in [0.25, 0.3) is 10.6 Å². The summed E-state index contributed by atoms with van der Waals surface area (Å²) in [5.74, 6) is 0. The molecule has 0 aliphatic carbocycles. The highest BCUT2D eigenvalue weighted by atomic mass is 32.2. The molecule has 1 unspecified atom stereocenters. The van der Waals surface area contributed by atoms with E-state index in [4.69, 9.17) is 5.26 Å². The van der Waals surface area contributed by atoms with Gasteiger partial charge in [-0.1, -0.05) is 0 Å². The van der Waals surface area contributed by atoms with Gasteiger partial charge in [0.15, 0.2) is 5.69 Å². The third kappa shape index (κ3) is 2.01. The Balaban J connectivity index is 2.54. The molecule has 2 aromatic rings. The second kappa shape index (κ2) is 4.51. The summed E-state index contributed by atoms with van der Waals surface area (Å²) >= 11 is 1.27. The highest BCUT2D eigenvalue weighted by Gasteiger charge is 2.14. The molecule has 0 aliphatic heterocycles.